The number of anilines is 1. The van der Waals surface area contributed by atoms with Gasteiger partial charge in [-0.2, -0.15) is 4.31 Å². The summed E-state index contributed by atoms with van der Waals surface area (Å²) in [6, 6.07) is 2.92. The van der Waals surface area contributed by atoms with E-state index in [-0.39, 0.29) is 40.0 Å². The molecule has 0 aliphatic rings. The summed E-state index contributed by atoms with van der Waals surface area (Å²) in [6.07, 6.45) is 1.24. The Morgan fingerprint density at radius 2 is 1.85 bits per heavy atom. The Morgan fingerprint density at radius 1 is 1.18 bits per heavy atom. The fourth-order valence-electron chi connectivity index (χ4n) is 2.94. The molecule has 0 saturated heterocycles. The number of carbonyl (C=O) groups excluding carboxylic acids is 3. The molecule has 2 rings (SSSR count). The number of aryl methyl sites for hydroxylation is 1. The molecule has 0 fully saturated rings. The van der Waals surface area contributed by atoms with Gasteiger partial charge >= 0.3 is 5.97 Å². The van der Waals surface area contributed by atoms with Gasteiger partial charge in [0.25, 0.3) is 5.91 Å². The molecule has 0 aromatic carbocycles. The number of hydrogen-bond acceptors (Lipinski definition) is 9. The van der Waals surface area contributed by atoms with Gasteiger partial charge in [0.05, 0.1) is 17.4 Å². The van der Waals surface area contributed by atoms with E-state index in [1.54, 1.807) is 20.8 Å². The molecule has 0 bridgehead atoms. The van der Waals surface area contributed by atoms with Crippen molar-refractivity contribution in [2.24, 2.45) is 5.73 Å². The Bertz CT molecular complexity index is 1120. The molecular formula is C20H26N4O7S2. The van der Waals surface area contributed by atoms with Crippen molar-refractivity contribution in [1.29, 1.82) is 0 Å². The van der Waals surface area contributed by atoms with E-state index >= 15 is 0 Å². The number of hydrogen-bond donors (Lipinski definition) is 2. The molecule has 180 valence electrons. The third kappa shape index (κ3) is 6.12. The zero-order valence-electron chi connectivity index (χ0n) is 18.7. The van der Waals surface area contributed by atoms with E-state index in [4.69, 9.17) is 14.9 Å². The van der Waals surface area contributed by atoms with Crippen LogP contribution in [-0.2, 0) is 19.6 Å². The molecule has 3 N–H and O–H groups in total. The SMILES string of the molecule is CCOC(=O)c1c(C)oc(NC(=O)CSc2ccc(S(=O)(=O)N(CC)CC)cn2)c1C(N)=O. The Balaban J connectivity index is 2.10. The van der Waals surface area contributed by atoms with Crippen LogP contribution in [0.15, 0.2) is 32.7 Å². The molecule has 0 spiro atoms. The molecule has 11 nitrogen and oxygen atoms in total. The van der Waals surface area contributed by atoms with Crippen molar-refractivity contribution in [3.05, 3.63) is 35.2 Å². The van der Waals surface area contributed by atoms with Crippen molar-refractivity contribution in [2.45, 2.75) is 37.6 Å². The fourth-order valence-corrected chi connectivity index (χ4v) is 4.98. The highest BCUT2D eigenvalue weighted by molar-refractivity contribution is 7.99. The summed E-state index contributed by atoms with van der Waals surface area (Å²) in [4.78, 5) is 40.5. The number of carbonyl (C=O) groups is 3. The molecule has 2 amide bonds. The minimum Gasteiger partial charge on any atom is -0.462 e. The molecule has 0 saturated carbocycles. The van der Waals surface area contributed by atoms with Crippen molar-refractivity contribution in [1.82, 2.24) is 9.29 Å². The van der Waals surface area contributed by atoms with Gasteiger partial charge in [0, 0.05) is 19.3 Å². The summed E-state index contributed by atoms with van der Waals surface area (Å²) in [5.74, 6) is -2.58. The quantitative estimate of drug-likeness (QED) is 0.348. The Labute approximate surface area is 196 Å². The van der Waals surface area contributed by atoms with Crippen molar-refractivity contribution in [3.8, 4) is 0 Å². The van der Waals surface area contributed by atoms with Crippen LogP contribution in [0.25, 0.3) is 0 Å². The summed E-state index contributed by atoms with van der Waals surface area (Å²) >= 11 is 1.05. The average molecular weight is 499 g/mol. The molecule has 13 heteroatoms. The summed E-state index contributed by atoms with van der Waals surface area (Å²) in [5, 5.41) is 2.84. The predicted octanol–water partition coefficient (Wildman–Crippen LogP) is 2.02. The molecule has 0 aliphatic carbocycles. The molecule has 0 atom stereocenters. The lowest BCUT2D eigenvalue weighted by Crippen LogP contribution is -2.30. The van der Waals surface area contributed by atoms with Crippen LogP contribution in [0.3, 0.4) is 0 Å². The third-order valence-corrected chi connectivity index (χ3v) is 7.44. The summed E-state index contributed by atoms with van der Waals surface area (Å²) < 4.78 is 36.6. The van der Waals surface area contributed by atoms with Gasteiger partial charge in [-0.05, 0) is 26.0 Å². The third-order valence-electron chi connectivity index (χ3n) is 4.47. The predicted molar refractivity (Wildman–Crippen MR) is 122 cm³/mol. The van der Waals surface area contributed by atoms with Crippen LogP contribution >= 0.6 is 11.8 Å². The highest BCUT2D eigenvalue weighted by Crippen LogP contribution is 2.28. The number of primary amides is 1. The molecule has 0 radical (unpaired) electrons. The molecule has 0 aliphatic heterocycles. The van der Waals surface area contributed by atoms with Crippen LogP contribution in [-0.4, -0.2) is 60.9 Å². The van der Waals surface area contributed by atoms with E-state index in [1.165, 1.54) is 29.6 Å². The number of aromatic nitrogens is 1. The molecular weight excluding hydrogens is 472 g/mol. The van der Waals surface area contributed by atoms with E-state index in [2.05, 4.69) is 10.3 Å². The fraction of sp³-hybridized carbons (Fsp3) is 0.400. The maximum Gasteiger partial charge on any atom is 0.342 e. The molecule has 33 heavy (non-hydrogen) atoms. The largest absolute Gasteiger partial charge is 0.462 e. The first-order valence-corrected chi connectivity index (χ1v) is 12.5. The Morgan fingerprint density at radius 3 is 2.36 bits per heavy atom. The van der Waals surface area contributed by atoms with Crippen molar-refractivity contribution in [3.63, 3.8) is 0 Å². The van der Waals surface area contributed by atoms with E-state index in [1.807, 2.05) is 0 Å². The smallest absolute Gasteiger partial charge is 0.342 e. The van der Waals surface area contributed by atoms with Gasteiger partial charge in [-0.15, -0.1) is 0 Å². The Kier molecular flexibility index (Phi) is 9.02. The van der Waals surface area contributed by atoms with Crippen LogP contribution in [0, 0.1) is 6.92 Å². The number of esters is 1. The van der Waals surface area contributed by atoms with Gasteiger partial charge in [-0.25, -0.2) is 18.2 Å². The van der Waals surface area contributed by atoms with Gasteiger partial charge in [0.15, 0.2) is 0 Å². The lowest BCUT2D eigenvalue weighted by atomic mass is 10.1. The molecule has 2 aromatic heterocycles. The number of nitrogens with zero attached hydrogens (tertiary/aromatic N) is 2. The van der Waals surface area contributed by atoms with E-state index in [0.29, 0.717) is 18.1 Å². The van der Waals surface area contributed by atoms with Gasteiger partial charge in [0.2, 0.25) is 21.8 Å². The van der Waals surface area contributed by atoms with Crippen molar-refractivity contribution in [2.75, 3.05) is 30.8 Å². The van der Waals surface area contributed by atoms with Crippen LogP contribution < -0.4 is 11.1 Å². The minimum atomic E-state index is -3.63. The number of pyridine rings is 1. The highest BCUT2D eigenvalue weighted by atomic mass is 32.2. The highest BCUT2D eigenvalue weighted by Gasteiger charge is 2.29. The number of rotatable bonds is 11. The van der Waals surface area contributed by atoms with Crippen LogP contribution in [0.1, 0.15) is 47.2 Å². The van der Waals surface area contributed by atoms with E-state index in [0.717, 1.165) is 11.8 Å². The summed E-state index contributed by atoms with van der Waals surface area (Å²) in [7, 11) is -3.63. The number of amides is 2. The van der Waals surface area contributed by atoms with Crippen LogP contribution in [0.2, 0.25) is 0 Å². The monoisotopic (exact) mass is 498 g/mol. The van der Waals surface area contributed by atoms with E-state index in [9.17, 15) is 22.8 Å². The van der Waals surface area contributed by atoms with E-state index < -0.39 is 27.8 Å². The normalized spacial score (nSPS) is 11.4. The number of ether oxygens (including phenoxy) is 1. The minimum absolute atomic E-state index is 0.0589. The van der Waals surface area contributed by atoms with Crippen LogP contribution in [0.4, 0.5) is 5.88 Å². The average Bonchev–Trinajstić information content (AvgIpc) is 3.09. The first kappa shape index (κ1) is 26.4. The number of nitrogens with two attached hydrogens (primary N) is 1. The number of sulfonamides is 1. The molecule has 2 heterocycles. The second-order valence-electron chi connectivity index (χ2n) is 6.58. The first-order chi connectivity index (χ1) is 15.6. The maximum atomic E-state index is 12.5. The van der Waals surface area contributed by atoms with Crippen molar-refractivity contribution >= 4 is 45.5 Å². The molecule has 0 unspecified atom stereocenters. The van der Waals surface area contributed by atoms with Gasteiger partial charge < -0.3 is 14.9 Å². The standard InChI is InChI=1S/C20H26N4O7S2/c1-5-24(6-2)33(28,29)13-8-9-15(22-10-13)32-11-14(25)23-19-17(18(21)26)16(12(4)31-19)20(27)30-7-3/h8-10H,5-7,11H2,1-4H3,(H2,21,26)(H,23,25). The molecule has 2 aromatic rings. The first-order valence-electron chi connectivity index (χ1n) is 10.1. The summed E-state index contributed by atoms with van der Waals surface area (Å²) in [6.45, 7) is 7.31. The zero-order valence-corrected chi connectivity index (χ0v) is 20.3. The lowest BCUT2D eigenvalue weighted by Gasteiger charge is -2.18. The second kappa shape index (κ2) is 11.3. The van der Waals surface area contributed by atoms with Gasteiger partial charge in [-0.3, -0.25) is 14.9 Å². The zero-order chi connectivity index (χ0) is 24.8. The topological polar surface area (TPSA) is 162 Å². The number of furan rings is 1. The summed E-state index contributed by atoms with van der Waals surface area (Å²) in [5.41, 5.74) is 4.96. The number of thioether (sulfide) groups is 1. The van der Waals surface area contributed by atoms with Crippen molar-refractivity contribution < 1.29 is 32.0 Å². The van der Waals surface area contributed by atoms with Crippen LogP contribution in [0.5, 0.6) is 0 Å². The Hall–Kier alpha value is -2.90. The van der Waals surface area contributed by atoms with Gasteiger partial charge in [-0.1, -0.05) is 25.6 Å². The second-order valence-corrected chi connectivity index (χ2v) is 9.51. The van der Waals surface area contributed by atoms with Gasteiger partial charge in [0.1, 0.15) is 21.8 Å². The maximum absolute atomic E-state index is 12.5. The lowest BCUT2D eigenvalue weighted by molar-refractivity contribution is -0.113. The number of nitrogens with one attached hydrogen (secondary N) is 1.